The van der Waals surface area contributed by atoms with Crippen LogP contribution in [0.25, 0.3) is 0 Å². The van der Waals surface area contributed by atoms with Gasteiger partial charge >= 0.3 is 6.09 Å². The number of nitrogens with zero attached hydrogens (tertiary/aromatic N) is 3. The maximum Gasteiger partial charge on any atom is 0.410 e. The lowest BCUT2D eigenvalue weighted by molar-refractivity contribution is 0.00928. The van der Waals surface area contributed by atoms with Crippen LogP contribution in [0.3, 0.4) is 0 Å². The van der Waals surface area contributed by atoms with E-state index in [-0.39, 0.29) is 12.1 Å². The summed E-state index contributed by atoms with van der Waals surface area (Å²) in [6, 6.07) is 0.189. The third-order valence-corrected chi connectivity index (χ3v) is 5.93. The standard InChI is InChI=1S/C20H39N5O4S/c1-20(2,3)29-19(26)25(15-16-7-8-16)17-9-13-24(14-10-17)18(21-4)22-11-6-12-23-30(5,27)28/h16-17,23H,6-15H2,1-5H3,(H,21,22). The summed E-state index contributed by atoms with van der Waals surface area (Å²) in [6.07, 6.45) is 5.79. The minimum Gasteiger partial charge on any atom is -0.444 e. The molecular weight excluding hydrogens is 406 g/mol. The van der Waals surface area contributed by atoms with Crippen molar-refractivity contribution in [1.29, 1.82) is 0 Å². The monoisotopic (exact) mass is 445 g/mol. The van der Waals surface area contributed by atoms with Gasteiger partial charge in [-0.2, -0.15) is 0 Å². The van der Waals surface area contributed by atoms with Gasteiger partial charge in [-0.1, -0.05) is 0 Å². The predicted molar refractivity (Wildman–Crippen MR) is 119 cm³/mol. The molecule has 1 aliphatic carbocycles. The molecule has 0 radical (unpaired) electrons. The Balaban J connectivity index is 1.82. The van der Waals surface area contributed by atoms with Crippen molar-refractivity contribution >= 4 is 22.1 Å². The average Bonchev–Trinajstić information content (AvgIpc) is 3.45. The van der Waals surface area contributed by atoms with Gasteiger partial charge in [-0.25, -0.2) is 17.9 Å². The van der Waals surface area contributed by atoms with Gasteiger partial charge in [-0.15, -0.1) is 0 Å². The zero-order valence-corrected chi connectivity index (χ0v) is 19.9. The Morgan fingerprint density at radius 3 is 2.30 bits per heavy atom. The quantitative estimate of drug-likeness (QED) is 0.334. The van der Waals surface area contributed by atoms with Crippen molar-refractivity contribution in [2.24, 2.45) is 10.9 Å². The summed E-state index contributed by atoms with van der Waals surface area (Å²) in [5.74, 6) is 1.43. The topological polar surface area (TPSA) is 103 Å². The molecule has 1 heterocycles. The lowest BCUT2D eigenvalue weighted by Crippen LogP contribution is -2.52. The van der Waals surface area contributed by atoms with Crippen molar-refractivity contribution in [2.75, 3.05) is 46.0 Å². The van der Waals surface area contributed by atoms with Gasteiger partial charge in [0, 0.05) is 45.8 Å². The van der Waals surface area contributed by atoms with Gasteiger partial charge in [0.15, 0.2) is 5.96 Å². The number of guanidine groups is 1. The van der Waals surface area contributed by atoms with Gasteiger partial charge in [-0.3, -0.25) is 4.99 Å². The molecule has 174 valence electrons. The van der Waals surface area contributed by atoms with Crippen molar-refractivity contribution in [2.45, 2.75) is 64.5 Å². The highest BCUT2D eigenvalue weighted by Crippen LogP contribution is 2.32. The number of nitrogens with one attached hydrogen (secondary N) is 2. The van der Waals surface area contributed by atoms with Crippen LogP contribution >= 0.6 is 0 Å². The van der Waals surface area contributed by atoms with E-state index in [0.717, 1.165) is 44.7 Å². The molecule has 1 saturated heterocycles. The van der Waals surface area contributed by atoms with Gasteiger partial charge in [0.25, 0.3) is 0 Å². The van der Waals surface area contributed by atoms with E-state index >= 15 is 0 Å². The van der Waals surface area contributed by atoms with Crippen LogP contribution in [-0.2, 0) is 14.8 Å². The smallest absolute Gasteiger partial charge is 0.410 e. The molecule has 2 N–H and O–H groups in total. The van der Waals surface area contributed by atoms with Crippen molar-refractivity contribution in [3.63, 3.8) is 0 Å². The lowest BCUT2D eigenvalue weighted by Gasteiger charge is -2.40. The normalized spacial score (nSPS) is 19.0. The first-order valence-corrected chi connectivity index (χ1v) is 12.8. The first-order chi connectivity index (χ1) is 14.0. The number of likely N-dealkylation sites (tertiary alicyclic amines) is 1. The van der Waals surface area contributed by atoms with E-state index in [1.54, 1.807) is 7.05 Å². The molecule has 2 aliphatic rings. The second-order valence-corrected chi connectivity index (χ2v) is 11.1. The summed E-state index contributed by atoms with van der Waals surface area (Å²) in [6.45, 7) is 9.18. The molecule has 9 nitrogen and oxygen atoms in total. The summed E-state index contributed by atoms with van der Waals surface area (Å²) in [4.78, 5) is 21.3. The van der Waals surface area contributed by atoms with E-state index in [9.17, 15) is 13.2 Å². The molecular formula is C20H39N5O4S. The molecule has 2 fully saturated rings. The summed E-state index contributed by atoms with van der Waals surface area (Å²) >= 11 is 0. The van der Waals surface area contributed by atoms with Crippen molar-refractivity contribution in [3.8, 4) is 0 Å². The van der Waals surface area contributed by atoms with Gasteiger partial charge in [0.05, 0.1) is 6.26 Å². The van der Waals surface area contributed by atoms with Crippen LogP contribution in [0.5, 0.6) is 0 Å². The van der Waals surface area contributed by atoms with E-state index in [2.05, 4.69) is 19.9 Å². The lowest BCUT2D eigenvalue weighted by atomic mass is 10.0. The summed E-state index contributed by atoms with van der Waals surface area (Å²) in [5, 5.41) is 3.30. The number of ether oxygens (including phenoxy) is 1. The molecule has 0 aromatic heterocycles. The molecule has 2 rings (SSSR count). The minimum atomic E-state index is -3.15. The number of carbonyl (C=O) groups is 1. The number of hydrogen-bond donors (Lipinski definition) is 2. The van der Waals surface area contributed by atoms with E-state index in [1.165, 1.54) is 12.8 Å². The van der Waals surface area contributed by atoms with E-state index in [4.69, 9.17) is 4.74 Å². The fourth-order valence-corrected chi connectivity index (χ4v) is 4.05. The molecule has 0 aromatic carbocycles. The highest BCUT2D eigenvalue weighted by Gasteiger charge is 2.35. The number of amides is 1. The van der Waals surface area contributed by atoms with Gasteiger partial charge in [0.2, 0.25) is 10.0 Å². The van der Waals surface area contributed by atoms with Gasteiger partial charge in [-0.05, 0) is 58.8 Å². The van der Waals surface area contributed by atoms with Crippen molar-refractivity contribution < 1.29 is 17.9 Å². The zero-order valence-electron chi connectivity index (χ0n) is 19.1. The number of carbonyl (C=O) groups excluding carboxylic acids is 1. The van der Waals surface area contributed by atoms with Crippen molar-refractivity contribution in [1.82, 2.24) is 19.8 Å². The average molecular weight is 446 g/mol. The molecule has 0 atom stereocenters. The highest BCUT2D eigenvalue weighted by molar-refractivity contribution is 7.88. The molecule has 10 heteroatoms. The fourth-order valence-electron chi connectivity index (χ4n) is 3.54. The maximum absolute atomic E-state index is 12.8. The first-order valence-electron chi connectivity index (χ1n) is 10.9. The van der Waals surface area contributed by atoms with Crippen LogP contribution in [-0.4, -0.2) is 87.9 Å². The fraction of sp³-hybridized carbons (Fsp3) is 0.900. The molecule has 0 unspecified atom stereocenters. The number of piperidine rings is 1. The molecule has 1 saturated carbocycles. The Labute approximate surface area is 181 Å². The number of aliphatic imine (C=N–C) groups is 1. The van der Waals surface area contributed by atoms with Gasteiger partial charge < -0.3 is 19.9 Å². The van der Waals surface area contributed by atoms with Crippen LogP contribution < -0.4 is 10.0 Å². The van der Waals surface area contributed by atoms with Crippen LogP contribution in [0.2, 0.25) is 0 Å². The Bertz CT molecular complexity index is 692. The molecule has 0 spiro atoms. The maximum atomic E-state index is 12.8. The molecule has 0 bridgehead atoms. The first kappa shape index (κ1) is 24.7. The second kappa shape index (κ2) is 10.7. The Hall–Kier alpha value is -1.55. The molecule has 30 heavy (non-hydrogen) atoms. The predicted octanol–water partition coefficient (Wildman–Crippen LogP) is 1.61. The van der Waals surface area contributed by atoms with Crippen LogP contribution in [0.15, 0.2) is 4.99 Å². The molecule has 0 aromatic rings. The molecule has 1 aliphatic heterocycles. The molecule has 1 amide bonds. The van der Waals surface area contributed by atoms with Crippen LogP contribution in [0.4, 0.5) is 4.79 Å². The van der Waals surface area contributed by atoms with Crippen molar-refractivity contribution in [3.05, 3.63) is 0 Å². The Kier molecular flexibility index (Phi) is 8.78. The van der Waals surface area contributed by atoms with Crippen LogP contribution in [0, 0.1) is 5.92 Å². The summed E-state index contributed by atoms with van der Waals surface area (Å²) in [5.41, 5.74) is -0.489. The summed E-state index contributed by atoms with van der Waals surface area (Å²) < 4.78 is 30.4. The van der Waals surface area contributed by atoms with Gasteiger partial charge in [0.1, 0.15) is 5.60 Å². The van der Waals surface area contributed by atoms with E-state index in [1.807, 2.05) is 25.7 Å². The van der Waals surface area contributed by atoms with Crippen LogP contribution in [0.1, 0.15) is 52.9 Å². The largest absolute Gasteiger partial charge is 0.444 e. The minimum absolute atomic E-state index is 0.189. The Morgan fingerprint density at radius 2 is 1.80 bits per heavy atom. The Morgan fingerprint density at radius 1 is 1.17 bits per heavy atom. The zero-order chi connectivity index (χ0) is 22.4. The third-order valence-electron chi connectivity index (χ3n) is 5.20. The third kappa shape index (κ3) is 9.07. The summed E-state index contributed by atoms with van der Waals surface area (Å²) in [7, 11) is -1.40. The highest BCUT2D eigenvalue weighted by atomic mass is 32.2. The SMILES string of the molecule is CN=C(NCCCNS(C)(=O)=O)N1CCC(N(CC2CC2)C(=O)OC(C)(C)C)CC1. The number of hydrogen-bond acceptors (Lipinski definition) is 5. The van der Waals surface area contributed by atoms with E-state index < -0.39 is 15.6 Å². The second-order valence-electron chi connectivity index (χ2n) is 9.29. The number of rotatable bonds is 8. The van der Waals surface area contributed by atoms with E-state index in [0.29, 0.717) is 25.4 Å². The number of sulfonamides is 1.